The Hall–Kier alpha value is -2.18. The van der Waals surface area contributed by atoms with E-state index in [2.05, 4.69) is 45.5 Å². The third kappa shape index (κ3) is 4.31. The monoisotopic (exact) mass is 368 g/mol. The van der Waals surface area contributed by atoms with Gasteiger partial charge in [0.1, 0.15) is 0 Å². The number of benzene rings is 1. The van der Waals surface area contributed by atoms with Crippen molar-refractivity contribution in [2.45, 2.75) is 31.7 Å². The molecule has 1 atom stereocenters. The van der Waals surface area contributed by atoms with Crippen LogP contribution in [0.3, 0.4) is 0 Å². The number of likely N-dealkylation sites (tertiary alicyclic amines) is 1. The van der Waals surface area contributed by atoms with Gasteiger partial charge in [0.15, 0.2) is 4.96 Å². The molecule has 2 aromatic heterocycles. The van der Waals surface area contributed by atoms with Gasteiger partial charge < -0.3 is 10.2 Å². The van der Waals surface area contributed by atoms with Crippen LogP contribution in [0.5, 0.6) is 0 Å². The van der Waals surface area contributed by atoms with E-state index in [9.17, 15) is 4.79 Å². The van der Waals surface area contributed by atoms with Crippen LogP contribution in [0.15, 0.2) is 48.1 Å². The van der Waals surface area contributed by atoms with Crippen molar-refractivity contribution >= 4 is 22.2 Å². The number of aromatic nitrogens is 2. The zero-order valence-electron chi connectivity index (χ0n) is 14.8. The number of nitrogens with one attached hydrogen (secondary N) is 1. The van der Waals surface area contributed by atoms with Gasteiger partial charge in [0.05, 0.1) is 12.1 Å². The van der Waals surface area contributed by atoms with E-state index in [1.165, 1.54) is 5.56 Å². The van der Waals surface area contributed by atoms with Gasteiger partial charge in [-0.05, 0) is 31.4 Å². The summed E-state index contributed by atoms with van der Waals surface area (Å²) in [4.78, 5) is 20.3. The predicted molar refractivity (Wildman–Crippen MR) is 105 cm³/mol. The largest absolute Gasteiger partial charge is 0.352 e. The van der Waals surface area contributed by atoms with E-state index in [4.69, 9.17) is 0 Å². The van der Waals surface area contributed by atoms with E-state index in [-0.39, 0.29) is 11.9 Å². The highest BCUT2D eigenvalue weighted by Crippen LogP contribution is 2.13. The standard InChI is InChI=1S/C20H24N4OS/c25-19(13-18-15-24-11-12-26-20(24)22-18)21-17-7-4-9-23(14-17)10-8-16-5-2-1-3-6-16/h1-3,5-6,11-12,15,17H,4,7-10,13-14H2,(H,21,25)/t17-/m1/s1. The fourth-order valence-electron chi connectivity index (χ4n) is 3.61. The van der Waals surface area contributed by atoms with Crippen LogP contribution in [-0.2, 0) is 17.6 Å². The van der Waals surface area contributed by atoms with Gasteiger partial charge in [-0.3, -0.25) is 9.20 Å². The lowest BCUT2D eigenvalue weighted by Crippen LogP contribution is -2.48. The van der Waals surface area contributed by atoms with E-state index in [0.717, 1.165) is 49.6 Å². The van der Waals surface area contributed by atoms with Crippen LogP contribution in [-0.4, -0.2) is 45.9 Å². The van der Waals surface area contributed by atoms with Gasteiger partial charge in [0, 0.05) is 36.9 Å². The first-order valence-electron chi connectivity index (χ1n) is 9.23. The fourth-order valence-corrected chi connectivity index (χ4v) is 4.33. The second-order valence-electron chi connectivity index (χ2n) is 6.94. The lowest BCUT2D eigenvalue weighted by molar-refractivity contribution is -0.121. The van der Waals surface area contributed by atoms with Crippen molar-refractivity contribution in [3.8, 4) is 0 Å². The van der Waals surface area contributed by atoms with E-state index in [1.807, 2.05) is 22.2 Å². The molecule has 1 aliphatic heterocycles. The van der Waals surface area contributed by atoms with Crippen molar-refractivity contribution in [1.29, 1.82) is 0 Å². The Labute approximate surface area is 157 Å². The highest BCUT2D eigenvalue weighted by molar-refractivity contribution is 7.15. The molecule has 136 valence electrons. The number of hydrogen-bond acceptors (Lipinski definition) is 4. The predicted octanol–water partition coefficient (Wildman–Crippen LogP) is 2.76. The molecule has 0 radical (unpaired) electrons. The molecule has 1 fully saturated rings. The summed E-state index contributed by atoms with van der Waals surface area (Å²) in [5, 5.41) is 5.20. The Bertz CT molecular complexity index is 828. The average Bonchev–Trinajstić information content (AvgIpc) is 3.22. The maximum atomic E-state index is 12.4. The van der Waals surface area contributed by atoms with Crippen LogP contribution >= 0.6 is 11.3 Å². The number of hydrogen-bond donors (Lipinski definition) is 1. The normalized spacial score (nSPS) is 18.2. The number of carbonyl (C=O) groups excluding carboxylic acids is 1. The summed E-state index contributed by atoms with van der Waals surface area (Å²) >= 11 is 1.59. The highest BCUT2D eigenvalue weighted by Gasteiger charge is 2.21. The molecule has 0 spiro atoms. The van der Waals surface area contributed by atoms with Gasteiger partial charge in [-0.1, -0.05) is 30.3 Å². The third-order valence-electron chi connectivity index (χ3n) is 4.91. The van der Waals surface area contributed by atoms with Crippen molar-refractivity contribution < 1.29 is 4.79 Å². The number of nitrogens with zero attached hydrogens (tertiary/aromatic N) is 3. The lowest BCUT2D eigenvalue weighted by Gasteiger charge is -2.33. The fraction of sp³-hybridized carbons (Fsp3) is 0.400. The molecule has 5 nitrogen and oxygen atoms in total. The molecule has 0 unspecified atom stereocenters. The first kappa shape index (κ1) is 17.2. The Morgan fingerprint density at radius 3 is 3.04 bits per heavy atom. The summed E-state index contributed by atoms with van der Waals surface area (Å²) in [5.41, 5.74) is 2.21. The van der Waals surface area contributed by atoms with Crippen molar-refractivity contribution in [2.24, 2.45) is 0 Å². The summed E-state index contributed by atoms with van der Waals surface area (Å²) < 4.78 is 1.97. The van der Waals surface area contributed by atoms with E-state index in [1.54, 1.807) is 11.3 Å². The molecular weight excluding hydrogens is 344 g/mol. The zero-order valence-corrected chi connectivity index (χ0v) is 15.6. The van der Waals surface area contributed by atoms with Gasteiger partial charge in [-0.25, -0.2) is 4.98 Å². The molecular formula is C20H24N4OS. The SMILES string of the molecule is O=C(Cc1cn2ccsc2n1)N[C@@H]1CCCN(CCc2ccccc2)C1. The summed E-state index contributed by atoms with van der Waals surface area (Å²) in [7, 11) is 0. The Morgan fingerprint density at radius 2 is 2.19 bits per heavy atom. The molecule has 3 aromatic rings. The smallest absolute Gasteiger partial charge is 0.226 e. The topological polar surface area (TPSA) is 49.6 Å². The Morgan fingerprint density at radius 1 is 1.31 bits per heavy atom. The number of imidazole rings is 1. The highest BCUT2D eigenvalue weighted by atomic mass is 32.1. The summed E-state index contributed by atoms with van der Waals surface area (Å²) in [6.45, 7) is 3.11. The molecule has 1 amide bonds. The van der Waals surface area contributed by atoms with E-state index >= 15 is 0 Å². The van der Waals surface area contributed by atoms with Crippen LogP contribution in [0, 0.1) is 0 Å². The molecule has 1 saturated heterocycles. The van der Waals surface area contributed by atoms with Crippen LogP contribution in [0.2, 0.25) is 0 Å². The van der Waals surface area contributed by atoms with Crippen molar-refractivity contribution in [2.75, 3.05) is 19.6 Å². The van der Waals surface area contributed by atoms with E-state index in [0.29, 0.717) is 6.42 Å². The average molecular weight is 369 g/mol. The van der Waals surface area contributed by atoms with Crippen molar-refractivity contribution in [3.63, 3.8) is 0 Å². The minimum absolute atomic E-state index is 0.0747. The second-order valence-corrected chi connectivity index (χ2v) is 7.82. The first-order valence-corrected chi connectivity index (χ1v) is 10.1. The quantitative estimate of drug-likeness (QED) is 0.728. The number of thiazole rings is 1. The van der Waals surface area contributed by atoms with Crippen LogP contribution in [0.25, 0.3) is 4.96 Å². The molecule has 4 rings (SSSR count). The molecule has 26 heavy (non-hydrogen) atoms. The molecule has 0 saturated carbocycles. The lowest BCUT2D eigenvalue weighted by atomic mass is 10.0. The van der Waals surface area contributed by atoms with Gasteiger partial charge in [0.25, 0.3) is 0 Å². The molecule has 1 N–H and O–H groups in total. The molecule has 0 bridgehead atoms. The zero-order chi connectivity index (χ0) is 17.8. The maximum absolute atomic E-state index is 12.4. The van der Waals surface area contributed by atoms with Crippen LogP contribution in [0.4, 0.5) is 0 Å². The molecule has 3 heterocycles. The van der Waals surface area contributed by atoms with Crippen LogP contribution in [0.1, 0.15) is 24.1 Å². The molecule has 1 aliphatic rings. The minimum atomic E-state index is 0.0747. The van der Waals surface area contributed by atoms with Crippen LogP contribution < -0.4 is 5.32 Å². The first-order chi connectivity index (χ1) is 12.8. The number of rotatable bonds is 6. The van der Waals surface area contributed by atoms with Gasteiger partial charge in [0.2, 0.25) is 5.91 Å². The maximum Gasteiger partial charge on any atom is 0.226 e. The summed E-state index contributed by atoms with van der Waals surface area (Å²) in [6.07, 6.45) is 7.53. The second kappa shape index (κ2) is 8.01. The number of piperidine rings is 1. The van der Waals surface area contributed by atoms with Gasteiger partial charge >= 0.3 is 0 Å². The molecule has 1 aromatic carbocycles. The number of fused-ring (bicyclic) bond motifs is 1. The Balaban J connectivity index is 1.26. The summed E-state index contributed by atoms with van der Waals surface area (Å²) in [6, 6.07) is 10.8. The molecule has 0 aliphatic carbocycles. The minimum Gasteiger partial charge on any atom is -0.352 e. The molecule has 6 heteroatoms. The van der Waals surface area contributed by atoms with Gasteiger partial charge in [-0.2, -0.15) is 0 Å². The van der Waals surface area contributed by atoms with Crippen molar-refractivity contribution in [1.82, 2.24) is 19.6 Å². The number of amides is 1. The third-order valence-corrected chi connectivity index (χ3v) is 5.69. The van der Waals surface area contributed by atoms with E-state index < -0.39 is 0 Å². The number of carbonyl (C=O) groups is 1. The summed E-state index contributed by atoms with van der Waals surface area (Å²) in [5.74, 6) is 0.0747. The van der Waals surface area contributed by atoms with Crippen molar-refractivity contribution in [3.05, 3.63) is 59.4 Å². The van der Waals surface area contributed by atoms with Gasteiger partial charge in [-0.15, -0.1) is 11.3 Å². The Kier molecular flexibility index (Phi) is 5.32.